The number of hydrogen-bond acceptors (Lipinski definition) is 6. The lowest BCUT2D eigenvalue weighted by atomic mass is 10.2. The molecule has 0 saturated carbocycles. The molecule has 2 heterocycles. The summed E-state index contributed by atoms with van der Waals surface area (Å²) in [7, 11) is 1.60. The Hall–Kier alpha value is -2.68. The average Bonchev–Trinajstić information content (AvgIpc) is 3.38. The molecule has 0 fully saturated rings. The van der Waals surface area contributed by atoms with E-state index in [-0.39, 0.29) is 11.7 Å². The molecule has 4 rings (SSSR count). The summed E-state index contributed by atoms with van der Waals surface area (Å²) in [4.78, 5) is 12.4. The van der Waals surface area contributed by atoms with Crippen molar-refractivity contribution in [2.75, 3.05) is 18.2 Å². The average molecular weight is 477 g/mol. The predicted molar refractivity (Wildman–Crippen MR) is 123 cm³/mol. The molecule has 160 valence electrons. The summed E-state index contributed by atoms with van der Waals surface area (Å²) >= 11 is 13.3. The van der Waals surface area contributed by atoms with Crippen molar-refractivity contribution in [3.63, 3.8) is 0 Å². The maximum absolute atomic E-state index is 12.4. The van der Waals surface area contributed by atoms with Crippen LogP contribution < -0.4 is 10.1 Å². The number of amides is 1. The second kappa shape index (κ2) is 9.21. The Kier molecular flexibility index (Phi) is 6.41. The van der Waals surface area contributed by atoms with Crippen LogP contribution in [-0.4, -0.2) is 33.5 Å². The largest absolute Gasteiger partial charge is 0.493 e. The van der Waals surface area contributed by atoms with Crippen molar-refractivity contribution in [3.05, 3.63) is 52.5 Å². The minimum absolute atomic E-state index is 0.134. The Morgan fingerprint density at radius 2 is 2.06 bits per heavy atom. The maximum Gasteiger partial charge on any atom is 0.234 e. The highest BCUT2D eigenvalue weighted by Gasteiger charge is 2.19. The molecule has 7 nitrogen and oxygen atoms in total. The van der Waals surface area contributed by atoms with Crippen LogP contribution in [0.4, 0.5) is 5.69 Å². The van der Waals surface area contributed by atoms with Gasteiger partial charge in [0.2, 0.25) is 11.7 Å². The van der Waals surface area contributed by atoms with E-state index >= 15 is 0 Å². The molecule has 1 amide bonds. The summed E-state index contributed by atoms with van der Waals surface area (Å²) in [5, 5.41) is 13.7. The van der Waals surface area contributed by atoms with Crippen LogP contribution in [0.25, 0.3) is 22.6 Å². The number of carbonyl (C=O) groups excluding carboxylic acids is 1. The Labute approximate surface area is 192 Å². The number of anilines is 1. The minimum Gasteiger partial charge on any atom is -0.493 e. The predicted octanol–water partition coefficient (Wildman–Crippen LogP) is 5.76. The van der Waals surface area contributed by atoms with Crippen molar-refractivity contribution in [2.45, 2.75) is 18.6 Å². The number of ether oxygens (including phenoxy) is 1. The first-order chi connectivity index (χ1) is 15.0. The Morgan fingerprint density at radius 3 is 2.84 bits per heavy atom. The molecule has 0 radical (unpaired) electrons. The number of halogens is 2. The van der Waals surface area contributed by atoms with E-state index in [1.165, 1.54) is 11.8 Å². The number of nitrogens with zero attached hydrogens (tertiary/aromatic N) is 3. The van der Waals surface area contributed by atoms with Gasteiger partial charge in [-0.25, -0.2) is 0 Å². The third kappa shape index (κ3) is 4.51. The summed E-state index contributed by atoms with van der Waals surface area (Å²) < 4.78 is 13.3. The first-order valence-corrected chi connectivity index (χ1v) is 11.1. The number of fused-ring (bicyclic) bond motifs is 1. The zero-order valence-corrected chi connectivity index (χ0v) is 19.0. The smallest absolute Gasteiger partial charge is 0.234 e. The lowest BCUT2D eigenvalue weighted by Gasteiger charge is -2.08. The van der Waals surface area contributed by atoms with Crippen molar-refractivity contribution < 1.29 is 13.9 Å². The summed E-state index contributed by atoms with van der Waals surface area (Å²) in [6.45, 7) is 2.59. The van der Waals surface area contributed by atoms with Gasteiger partial charge in [-0.3, -0.25) is 9.36 Å². The Balaban J connectivity index is 1.52. The minimum atomic E-state index is -0.227. The molecule has 0 aliphatic heterocycles. The number of hydrogen-bond donors (Lipinski definition) is 1. The van der Waals surface area contributed by atoms with Crippen LogP contribution >= 0.6 is 35.0 Å². The molecule has 31 heavy (non-hydrogen) atoms. The SMILES string of the molecule is CCn1c(SCC(=O)Nc2cc(Cl)ccc2Cl)nnc1-c1cc2cccc(OC)c2o1. The molecule has 1 N–H and O–H groups in total. The van der Waals surface area contributed by atoms with Gasteiger partial charge in [-0.1, -0.05) is 47.1 Å². The van der Waals surface area contributed by atoms with Crippen LogP contribution in [0.1, 0.15) is 6.92 Å². The topological polar surface area (TPSA) is 82.2 Å². The third-order valence-electron chi connectivity index (χ3n) is 4.52. The van der Waals surface area contributed by atoms with Gasteiger partial charge in [-0.05, 0) is 37.3 Å². The van der Waals surface area contributed by atoms with Crippen molar-refractivity contribution in [1.29, 1.82) is 0 Å². The van der Waals surface area contributed by atoms with Gasteiger partial charge in [0, 0.05) is 17.0 Å². The monoisotopic (exact) mass is 476 g/mol. The van der Waals surface area contributed by atoms with E-state index in [4.69, 9.17) is 32.4 Å². The van der Waals surface area contributed by atoms with Gasteiger partial charge in [0.05, 0.1) is 23.6 Å². The molecule has 0 saturated heterocycles. The highest BCUT2D eigenvalue weighted by molar-refractivity contribution is 7.99. The number of aromatic nitrogens is 3. The van der Waals surface area contributed by atoms with Gasteiger partial charge in [-0.15, -0.1) is 10.2 Å². The molecule has 2 aromatic carbocycles. The van der Waals surface area contributed by atoms with E-state index in [1.54, 1.807) is 25.3 Å². The van der Waals surface area contributed by atoms with Crippen molar-refractivity contribution in [3.8, 4) is 17.3 Å². The number of rotatable bonds is 7. The van der Waals surface area contributed by atoms with Gasteiger partial charge >= 0.3 is 0 Å². The number of carbonyl (C=O) groups is 1. The molecule has 0 unspecified atom stereocenters. The molecular formula is C21H18Cl2N4O3S. The van der Waals surface area contributed by atoms with Crippen molar-refractivity contribution in [2.24, 2.45) is 0 Å². The molecule has 0 aliphatic carbocycles. The number of benzene rings is 2. The van der Waals surface area contributed by atoms with Gasteiger partial charge < -0.3 is 14.5 Å². The second-order valence-electron chi connectivity index (χ2n) is 6.50. The number of para-hydroxylation sites is 1. The third-order valence-corrected chi connectivity index (χ3v) is 6.05. The number of methoxy groups -OCH3 is 1. The van der Waals surface area contributed by atoms with Crippen LogP contribution in [-0.2, 0) is 11.3 Å². The normalized spacial score (nSPS) is 11.1. The lowest BCUT2D eigenvalue weighted by Crippen LogP contribution is -2.15. The molecule has 2 aromatic heterocycles. The fraction of sp³-hybridized carbons (Fsp3) is 0.190. The molecular weight excluding hydrogens is 459 g/mol. The molecule has 0 atom stereocenters. The quantitative estimate of drug-likeness (QED) is 0.341. The van der Waals surface area contributed by atoms with E-state index in [1.807, 2.05) is 35.8 Å². The van der Waals surface area contributed by atoms with Crippen LogP contribution in [0.15, 0.2) is 52.0 Å². The Morgan fingerprint density at radius 1 is 1.23 bits per heavy atom. The zero-order valence-electron chi connectivity index (χ0n) is 16.7. The van der Waals surface area contributed by atoms with Crippen molar-refractivity contribution >= 4 is 57.5 Å². The highest BCUT2D eigenvalue weighted by atomic mass is 35.5. The maximum atomic E-state index is 12.4. The van der Waals surface area contributed by atoms with Crippen LogP contribution in [0.3, 0.4) is 0 Å². The molecule has 0 bridgehead atoms. The summed E-state index contributed by atoms with van der Waals surface area (Å²) in [6, 6.07) is 12.5. The summed E-state index contributed by atoms with van der Waals surface area (Å²) in [5.74, 6) is 1.72. The van der Waals surface area contributed by atoms with E-state index < -0.39 is 0 Å². The highest BCUT2D eigenvalue weighted by Crippen LogP contribution is 2.34. The van der Waals surface area contributed by atoms with Gasteiger partial charge in [0.25, 0.3) is 0 Å². The van der Waals surface area contributed by atoms with E-state index in [2.05, 4.69) is 15.5 Å². The molecule has 4 aromatic rings. The van der Waals surface area contributed by atoms with Crippen LogP contribution in [0.2, 0.25) is 10.0 Å². The number of thioether (sulfide) groups is 1. The first-order valence-electron chi connectivity index (χ1n) is 9.38. The molecule has 0 spiro atoms. The zero-order chi connectivity index (χ0) is 22.0. The van der Waals surface area contributed by atoms with E-state index in [0.717, 1.165) is 5.39 Å². The summed E-state index contributed by atoms with van der Waals surface area (Å²) in [5.41, 5.74) is 1.12. The van der Waals surface area contributed by atoms with Gasteiger partial charge in [0.15, 0.2) is 22.2 Å². The standard InChI is InChI=1S/C21H18Cl2N4O3S/c1-3-27-20(17-9-12-5-4-6-16(29-2)19(12)30-17)25-26-21(27)31-11-18(28)24-15-10-13(22)7-8-14(15)23/h4-10H,3,11H2,1-2H3,(H,24,28). The lowest BCUT2D eigenvalue weighted by molar-refractivity contribution is -0.113. The number of furan rings is 1. The fourth-order valence-corrected chi connectivity index (χ4v) is 4.22. The van der Waals surface area contributed by atoms with Crippen LogP contribution in [0.5, 0.6) is 5.75 Å². The Bertz CT molecular complexity index is 1250. The molecule has 0 aliphatic rings. The fourth-order valence-electron chi connectivity index (χ4n) is 3.08. The van der Waals surface area contributed by atoms with E-state index in [0.29, 0.717) is 50.4 Å². The number of nitrogens with one attached hydrogen (secondary N) is 1. The van der Waals surface area contributed by atoms with Crippen molar-refractivity contribution in [1.82, 2.24) is 14.8 Å². The van der Waals surface area contributed by atoms with E-state index in [9.17, 15) is 4.79 Å². The van der Waals surface area contributed by atoms with Gasteiger partial charge in [-0.2, -0.15) is 0 Å². The molecule has 10 heteroatoms. The second-order valence-corrected chi connectivity index (χ2v) is 8.29. The van der Waals surface area contributed by atoms with Gasteiger partial charge in [0.1, 0.15) is 0 Å². The first kappa shape index (κ1) is 21.5. The van der Waals surface area contributed by atoms with Crippen LogP contribution in [0, 0.1) is 0 Å². The summed E-state index contributed by atoms with van der Waals surface area (Å²) in [6.07, 6.45) is 0.